The van der Waals surface area contributed by atoms with Crippen molar-refractivity contribution in [1.82, 2.24) is 10.6 Å². The van der Waals surface area contributed by atoms with E-state index >= 15 is 0 Å². The Labute approximate surface area is 183 Å². The first-order valence-corrected chi connectivity index (χ1v) is 10.5. The minimum atomic E-state index is -0.512. The number of hydrogen-bond acceptors (Lipinski definition) is 5. The first-order valence-electron chi connectivity index (χ1n) is 9.58. The van der Waals surface area contributed by atoms with Gasteiger partial charge in [0.15, 0.2) is 0 Å². The van der Waals surface area contributed by atoms with Gasteiger partial charge in [0.1, 0.15) is 17.5 Å². The van der Waals surface area contributed by atoms with Gasteiger partial charge in [-0.2, -0.15) is 5.26 Å². The van der Waals surface area contributed by atoms with Crippen LogP contribution in [0.1, 0.15) is 31.9 Å². The number of aryl methyl sites for hydroxylation is 1. The van der Waals surface area contributed by atoms with Crippen molar-refractivity contribution in [2.24, 2.45) is 4.99 Å². The number of rotatable bonds is 4. The zero-order chi connectivity index (χ0) is 21.8. The van der Waals surface area contributed by atoms with Gasteiger partial charge >= 0.3 is 0 Å². The van der Waals surface area contributed by atoms with E-state index in [0.717, 1.165) is 11.1 Å². The lowest BCUT2D eigenvalue weighted by molar-refractivity contribution is -0.117. The SMILES string of the molecule is Cc1ccc(CNC(=O)C(C#N)=C2N=C(NC(=O)c3cccs3)c3ccccc32)cc1. The summed E-state index contributed by atoms with van der Waals surface area (Å²) in [6.45, 7) is 2.29. The Hall–Kier alpha value is -4.02. The molecule has 1 aromatic heterocycles. The van der Waals surface area contributed by atoms with Crippen molar-refractivity contribution in [3.8, 4) is 6.07 Å². The molecule has 2 aromatic carbocycles. The molecule has 3 aromatic rings. The highest BCUT2D eigenvalue weighted by molar-refractivity contribution is 7.12. The van der Waals surface area contributed by atoms with Crippen LogP contribution in [0.15, 0.2) is 76.6 Å². The maximum absolute atomic E-state index is 12.8. The quantitative estimate of drug-likeness (QED) is 0.491. The van der Waals surface area contributed by atoms with Gasteiger partial charge in [0.25, 0.3) is 11.8 Å². The van der Waals surface area contributed by atoms with Gasteiger partial charge in [0.05, 0.1) is 10.6 Å². The van der Waals surface area contributed by atoms with Gasteiger partial charge in [-0.15, -0.1) is 11.3 Å². The van der Waals surface area contributed by atoms with E-state index in [0.29, 0.717) is 28.4 Å². The Kier molecular flexibility index (Phi) is 5.74. The van der Waals surface area contributed by atoms with E-state index < -0.39 is 5.91 Å². The molecule has 0 atom stereocenters. The predicted molar refractivity (Wildman–Crippen MR) is 120 cm³/mol. The van der Waals surface area contributed by atoms with Crippen LogP contribution in [0.25, 0.3) is 5.70 Å². The van der Waals surface area contributed by atoms with Gasteiger partial charge in [-0.3, -0.25) is 9.59 Å². The molecule has 152 valence electrons. The number of aliphatic imine (C=N–C) groups is 1. The molecule has 2 amide bonds. The fraction of sp³-hybridized carbons (Fsp3) is 0.0833. The van der Waals surface area contributed by atoms with Crippen LogP contribution in [0.2, 0.25) is 0 Å². The van der Waals surface area contributed by atoms with Gasteiger partial charge in [0.2, 0.25) is 0 Å². The summed E-state index contributed by atoms with van der Waals surface area (Å²) in [5, 5.41) is 17.1. The molecule has 0 radical (unpaired) electrons. The van der Waals surface area contributed by atoms with Crippen LogP contribution in [-0.2, 0) is 11.3 Å². The van der Waals surface area contributed by atoms with Crippen molar-refractivity contribution in [1.29, 1.82) is 5.26 Å². The summed E-state index contributed by atoms with van der Waals surface area (Å²) in [7, 11) is 0. The Morgan fingerprint density at radius 1 is 1.03 bits per heavy atom. The zero-order valence-corrected chi connectivity index (χ0v) is 17.5. The van der Waals surface area contributed by atoms with Crippen LogP contribution in [-0.4, -0.2) is 17.6 Å². The number of amides is 2. The molecule has 0 saturated heterocycles. The average molecular weight is 427 g/mol. The number of carbonyl (C=O) groups excluding carboxylic acids is 2. The van der Waals surface area contributed by atoms with E-state index in [4.69, 9.17) is 0 Å². The standard InChI is InChI=1S/C24H18N4O2S/c1-15-8-10-16(11-9-15)14-26-23(29)19(13-25)21-17-5-2-3-6-18(17)22(27-21)28-24(30)20-7-4-12-31-20/h2-12H,14H2,1H3,(H,26,29)(H,27,28,30). The summed E-state index contributed by atoms with van der Waals surface area (Å²) in [5.41, 5.74) is 3.51. The summed E-state index contributed by atoms with van der Waals surface area (Å²) < 4.78 is 0. The number of fused-ring (bicyclic) bond motifs is 1. The van der Waals surface area contributed by atoms with Crippen LogP contribution < -0.4 is 10.6 Å². The molecular weight excluding hydrogens is 408 g/mol. The van der Waals surface area contributed by atoms with E-state index in [1.807, 2.05) is 48.7 Å². The number of amidine groups is 1. The number of nitriles is 1. The van der Waals surface area contributed by atoms with Crippen molar-refractivity contribution in [2.75, 3.05) is 0 Å². The van der Waals surface area contributed by atoms with Gasteiger partial charge in [-0.25, -0.2) is 4.99 Å². The number of thiophene rings is 1. The van der Waals surface area contributed by atoms with Crippen LogP contribution >= 0.6 is 11.3 Å². The molecule has 0 unspecified atom stereocenters. The highest BCUT2D eigenvalue weighted by atomic mass is 32.1. The fourth-order valence-corrected chi connectivity index (χ4v) is 3.80. The van der Waals surface area contributed by atoms with Crippen molar-refractivity contribution >= 4 is 34.7 Å². The molecule has 7 heteroatoms. The van der Waals surface area contributed by atoms with E-state index in [2.05, 4.69) is 15.6 Å². The third kappa shape index (κ3) is 4.29. The number of carbonyl (C=O) groups is 2. The van der Waals surface area contributed by atoms with Crippen LogP contribution in [0.5, 0.6) is 0 Å². The highest BCUT2D eigenvalue weighted by Gasteiger charge is 2.27. The Balaban J connectivity index is 1.62. The second-order valence-corrected chi connectivity index (χ2v) is 7.89. The first kappa shape index (κ1) is 20.3. The second-order valence-electron chi connectivity index (χ2n) is 6.94. The Morgan fingerprint density at radius 2 is 1.77 bits per heavy atom. The summed E-state index contributed by atoms with van der Waals surface area (Å²) in [4.78, 5) is 30.3. The predicted octanol–water partition coefficient (Wildman–Crippen LogP) is 3.80. The lowest BCUT2D eigenvalue weighted by Gasteiger charge is -2.07. The first-order chi connectivity index (χ1) is 15.1. The smallest absolute Gasteiger partial charge is 0.266 e. The molecule has 31 heavy (non-hydrogen) atoms. The van der Waals surface area contributed by atoms with Gasteiger partial charge in [-0.05, 0) is 23.9 Å². The Morgan fingerprint density at radius 3 is 2.45 bits per heavy atom. The van der Waals surface area contributed by atoms with E-state index in [1.165, 1.54) is 11.3 Å². The summed E-state index contributed by atoms with van der Waals surface area (Å²) in [6, 6.07) is 20.5. The minimum Gasteiger partial charge on any atom is -0.347 e. The van der Waals surface area contributed by atoms with Crippen molar-refractivity contribution in [2.45, 2.75) is 13.5 Å². The normalized spacial score (nSPS) is 13.6. The molecule has 0 spiro atoms. The van der Waals surface area contributed by atoms with E-state index in [9.17, 15) is 14.9 Å². The van der Waals surface area contributed by atoms with Crippen molar-refractivity contribution in [3.05, 3.63) is 98.7 Å². The highest BCUT2D eigenvalue weighted by Crippen LogP contribution is 2.30. The van der Waals surface area contributed by atoms with Crippen LogP contribution in [0, 0.1) is 18.3 Å². The third-order valence-corrected chi connectivity index (χ3v) is 5.66. The van der Waals surface area contributed by atoms with E-state index in [-0.39, 0.29) is 17.2 Å². The molecule has 0 bridgehead atoms. The monoisotopic (exact) mass is 426 g/mol. The number of benzene rings is 2. The summed E-state index contributed by atoms with van der Waals surface area (Å²) >= 11 is 1.32. The van der Waals surface area contributed by atoms with Crippen molar-refractivity contribution < 1.29 is 9.59 Å². The van der Waals surface area contributed by atoms with Gasteiger partial charge < -0.3 is 10.6 Å². The van der Waals surface area contributed by atoms with Crippen molar-refractivity contribution in [3.63, 3.8) is 0 Å². The number of nitrogens with zero attached hydrogens (tertiary/aromatic N) is 2. The summed E-state index contributed by atoms with van der Waals surface area (Å²) in [5.74, 6) is -0.474. The molecule has 1 aliphatic rings. The molecule has 4 rings (SSSR count). The second kappa shape index (κ2) is 8.78. The lowest BCUT2D eigenvalue weighted by atomic mass is 10.0. The molecule has 6 nitrogen and oxygen atoms in total. The number of hydrogen-bond donors (Lipinski definition) is 2. The molecular formula is C24H18N4O2S. The Bertz CT molecular complexity index is 1250. The molecule has 0 aliphatic carbocycles. The molecule has 2 heterocycles. The van der Waals surface area contributed by atoms with E-state index in [1.54, 1.807) is 30.3 Å². The van der Waals surface area contributed by atoms with Gasteiger partial charge in [0, 0.05) is 17.7 Å². The van der Waals surface area contributed by atoms with Crippen LogP contribution in [0.3, 0.4) is 0 Å². The summed E-state index contributed by atoms with van der Waals surface area (Å²) in [6.07, 6.45) is 0. The fourth-order valence-electron chi connectivity index (χ4n) is 3.18. The molecule has 2 N–H and O–H groups in total. The maximum Gasteiger partial charge on any atom is 0.266 e. The average Bonchev–Trinajstić information content (AvgIpc) is 3.44. The molecule has 0 fully saturated rings. The molecule has 1 aliphatic heterocycles. The molecule has 0 saturated carbocycles. The lowest BCUT2D eigenvalue weighted by Crippen LogP contribution is -2.29. The third-order valence-electron chi connectivity index (χ3n) is 4.79. The topological polar surface area (TPSA) is 94.3 Å². The van der Waals surface area contributed by atoms with Crippen LogP contribution in [0.4, 0.5) is 0 Å². The largest absolute Gasteiger partial charge is 0.347 e. The maximum atomic E-state index is 12.8. The number of nitrogens with one attached hydrogen (secondary N) is 2. The zero-order valence-electron chi connectivity index (χ0n) is 16.7. The van der Waals surface area contributed by atoms with Gasteiger partial charge in [-0.1, -0.05) is 60.2 Å². The minimum absolute atomic E-state index is 0.0973.